The first-order chi connectivity index (χ1) is 12.6. The van der Waals surface area contributed by atoms with Crippen molar-refractivity contribution < 1.29 is 23.9 Å². The zero-order chi connectivity index (χ0) is 18.1. The summed E-state index contributed by atoms with van der Waals surface area (Å²) in [6, 6.07) is 9.20. The van der Waals surface area contributed by atoms with Gasteiger partial charge in [0.2, 0.25) is 6.79 Å². The van der Waals surface area contributed by atoms with E-state index in [1.165, 1.54) is 6.07 Å². The van der Waals surface area contributed by atoms with E-state index >= 15 is 0 Å². The molecule has 0 N–H and O–H groups in total. The molecule has 2 heterocycles. The molecular weight excluding hydrogens is 340 g/mol. The normalized spacial score (nSPS) is 15.2. The van der Waals surface area contributed by atoms with E-state index in [1.54, 1.807) is 30.3 Å². The van der Waals surface area contributed by atoms with Crippen LogP contribution in [0.4, 0.5) is 11.4 Å². The molecule has 0 aromatic heterocycles. The van der Waals surface area contributed by atoms with Crippen LogP contribution in [0, 0.1) is 10.1 Å². The minimum absolute atomic E-state index is 0.0907. The molecule has 2 aliphatic heterocycles. The molecule has 134 valence electrons. The lowest BCUT2D eigenvalue weighted by Crippen LogP contribution is -2.19. The number of carbonyl (C=O) groups is 1. The van der Waals surface area contributed by atoms with Gasteiger partial charge in [-0.15, -0.1) is 0 Å². The molecule has 2 aliphatic rings. The van der Waals surface area contributed by atoms with Crippen LogP contribution >= 0.6 is 0 Å². The Morgan fingerprint density at radius 1 is 1.08 bits per heavy atom. The number of fused-ring (bicyclic) bond motifs is 1. The summed E-state index contributed by atoms with van der Waals surface area (Å²) in [5.74, 6) is 0.687. The number of hydrogen-bond donors (Lipinski definition) is 0. The average molecular weight is 356 g/mol. The second kappa shape index (κ2) is 6.55. The Hall–Kier alpha value is -3.29. The van der Waals surface area contributed by atoms with Gasteiger partial charge in [-0.3, -0.25) is 10.1 Å². The minimum Gasteiger partial charge on any atom is -0.454 e. The number of nitro benzene ring substituents is 1. The summed E-state index contributed by atoms with van der Waals surface area (Å²) in [6.45, 7) is 1.68. The number of carbonyl (C=O) groups excluding carboxylic acids is 1. The van der Waals surface area contributed by atoms with Crippen LogP contribution < -0.4 is 19.1 Å². The highest BCUT2D eigenvalue weighted by Gasteiger charge is 2.24. The topological polar surface area (TPSA) is 91.1 Å². The Morgan fingerprint density at radius 2 is 1.85 bits per heavy atom. The Kier molecular flexibility index (Phi) is 4.08. The number of rotatable bonds is 4. The van der Waals surface area contributed by atoms with Gasteiger partial charge in [-0.25, -0.2) is 4.79 Å². The molecule has 0 spiro atoms. The van der Waals surface area contributed by atoms with Crippen molar-refractivity contribution in [2.24, 2.45) is 0 Å². The molecule has 0 radical (unpaired) electrons. The second-order valence-electron chi connectivity index (χ2n) is 6.06. The van der Waals surface area contributed by atoms with Gasteiger partial charge in [0.15, 0.2) is 11.5 Å². The lowest BCUT2D eigenvalue weighted by molar-refractivity contribution is -0.384. The number of nitrogens with zero attached hydrogens (tertiary/aromatic N) is 2. The molecule has 2 aromatic carbocycles. The summed E-state index contributed by atoms with van der Waals surface area (Å²) in [6.07, 6.45) is 2.01. The third-order valence-corrected chi connectivity index (χ3v) is 4.41. The predicted molar refractivity (Wildman–Crippen MR) is 92.1 cm³/mol. The van der Waals surface area contributed by atoms with Gasteiger partial charge in [0.05, 0.1) is 10.5 Å². The average Bonchev–Trinajstić information content (AvgIpc) is 3.32. The van der Waals surface area contributed by atoms with Gasteiger partial charge >= 0.3 is 5.97 Å². The summed E-state index contributed by atoms with van der Waals surface area (Å²) in [5.41, 5.74) is 0.566. The first kappa shape index (κ1) is 16.2. The molecule has 0 atom stereocenters. The minimum atomic E-state index is -0.667. The summed E-state index contributed by atoms with van der Waals surface area (Å²) >= 11 is 0. The lowest BCUT2D eigenvalue weighted by Gasteiger charge is -2.17. The fourth-order valence-corrected chi connectivity index (χ4v) is 3.13. The maximum Gasteiger partial charge on any atom is 0.343 e. The monoisotopic (exact) mass is 356 g/mol. The van der Waals surface area contributed by atoms with Crippen molar-refractivity contribution in [2.45, 2.75) is 12.8 Å². The van der Waals surface area contributed by atoms with Gasteiger partial charge in [0, 0.05) is 25.2 Å². The Morgan fingerprint density at radius 3 is 2.62 bits per heavy atom. The van der Waals surface area contributed by atoms with E-state index in [0.717, 1.165) is 25.9 Å². The predicted octanol–water partition coefficient (Wildman–Crippen LogP) is 3.14. The van der Waals surface area contributed by atoms with Crippen LogP contribution in [-0.4, -0.2) is 30.8 Å². The van der Waals surface area contributed by atoms with Crippen molar-refractivity contribution in [1.29, 1.82) is 0 Å². The molecule has 2 aromatic rings. The first-order valence-electron chi connectivity index (χ1n) is 8.27. The Labute approximate surface area is 149 Å². The third-order valence-electron chi connectivity index (χ3n) is 4.41. The van der Waals surface area contributed by atoms with Crippen molar-refractivity contribution in [2.75, 3.05) is 24.8 Å². The Bertz CT molecular complexity index is 876. The summed E-state index contributed by atoms with van der Waals surface area (Å²) in [4.78, 5) is 25.3. The fraction of sp³-hybridized carbons (Fsp3) is 0.278. The molecule has 0 aliphatic carbocycles. The van der Waals surface area contributed by atoms with E-state index in [2.05, 4.69) is 0 Å². The van der Waals surface area contributed by atoms with Crippen LogP contribution in [0.2, 0.25) is 0 Å². The number of esters is 1. The SMILES string of the molecule is O=C(Oc1ccc2c(c1)OCO2)c1ccc(N2CCCC2)c([N+](=O)[O-])c1. The van der Waals surface area contributed by atoms with E-state index in [-0.39, 0.29) is 23.8 Å². The lowest BCUT2D eigenvalue weighted by atomic mass is 10.1. The van der Waals surface area contributed by atoms with E-state index in [1.807, 2.05) is 4.90 Å². The highest BCUT2D eigenvalue weighted by Crippen LogP contribution is 2.36. The van der Waals surface area contributed by atoms with Crippen molar-refractivity contribution in [3.63, 3.8) is 0 Å². The molecule has 0 saturated carbocycles. The Balaban J connectivity index is 1.57. The number of hydrogen-bond acceptors (Lipinski definition) is 7. The number of benzene rings is 2. The van der Waals surface area contributed by atoms with E-state index in [9.17, 15) is 14.9 Å². The van der Waals surface area contributed by atoms with Crippen LogP contribution in [0.5, 0.6) is 17.2 Å². The van der Waals surface area contributed by atoms with Gasteiger partial charge < -0.3 is 19.1 Å². The first-order valence-corrected chi connectivity index (χ1v) is 8.27. The van der Waals surface area contributed by atoms with Crippen LogP contribution in [0.1, 0.15) is 23.2 Å². The highest BCUT2D eigenvalue weighted by molar-refractivity contribution is 5.93. The molecule has 8 nitrogen and oxygen atoms in total. The molecular formula is C18H16N2O6. The number of ether oxygens (including phenoxy) is 3. The van der Waals surface area contributed by atoms with Crippen LogP contribution in [0.3, 0.4) is 0 Å². The van der Waals surface area contributed by atoms with Crippen molar-refractivity contribution >= 4 is 17.3 Å². The van der Waals surface area contributed by atoms with Gasteiger partial charge in [-0.05, 0) is 37.1 Å². The van der Waals surface area contributed by atoms with Crippen molar-refractivity contribution in [3.05, 3.63) is 52.1 Å². The zero-order valence-electron chi connectivity index (χ0n) is 13.8. The third kappa shape index (κ3) is 3.01. The van der Waals surface area contributed by atoms with Crippen molar-refractivity contribution in [3.8, 4) is 17.2 Å². The standard InChI is InChI=1S/C18H16N2O6/c21-18(26-13-4-6-16-17(10-13)25-11-24-16)12-3-5-14(15(9-12)20(22)23)19-7-1-2-8-19/h3-6,9-10H,1-2,7-8,11H2. The molecule has 0 bridgehead atoms. The van der Waals surface area contributed by atoms with Crippen LogP contribution in [0.15, 0.2) is 36.4 Å². The fourth-order valence-electron chi connectivity index (χ4n) is 3.13. The summed E-state index contributed by atoms with van der Waals surface area (Å²) in [5, 5.41) is 11.4. The quantitative estimate of drug-likeness (QED) is 0.360. The van der Waals surface area contributed by atoms with Crippen LogP contribution in [-0.2, 0) is 0 Å². The van der Waals surface area contributed by atoms with E-state index in [0.29, 0.717) is 17.2 Å². The molecule has 1 saturated heterocycles. The highest BCUT2D eigenvalue weighted by atomic mass is 16.7. The maximum atomic E-state index is 12.4. The van der Waals surface area contributed by atoms with E-state index in [4.69, 9.17) is 14.2 Å². The zero-order valence-corrected chi connectivity index (χ0v) is 13.8. The summed E-state index contributed by atoms with van der Waals surface area (Å²) in [7, 11) is 0. The smallest absolute Gasteiger partial charge is 0.343 e. The molecule has 1 fully saturated rings. The maximum absolute atomic E-state index is 12.4. The molecule has 0 unspecified atom stereocenters. The van der Waals surface area contributed by atoms with Crippen LogP contribution in [0.25, 0.3) is 0 Å². The van der Waals surface area contributed by atoms with Gasteiger partial charge in [-0.1, -0.05) is 0 Å². The van der Waals surface area contributed by atoms with Gasteiger partial charge in [0.25, 0.3) is 5.69 Å². The summed E-state index contributed by atoms with van der Waals surface area (Å²) < 4.78 is 15.8. The van der Waals surface area contributed by atoms with Gasteiger partial charge in [0.1, 0.15) is 11.4 Å². The van der Waals surface area contributed by atoms with Gasteiger partial charge in [-0.2, -0.15) is 0 Å². The van der Waals surface area contributed by atoms with Crippen molar-refractivity contribution in [1.82, 2.24) is 0 Å². The second-order valence-corrected chi connectivity index (χ2v) is 6.06. The largest absolute Gasteiger partial charge is 0.454 e. The molecule has 4 rings (SSSR count). The molecule has 26 heavy (non-hydrogen) atoms. The molecule has 0 amide bonds. The number of anilines is 1. The van der Waals surface area contributed by atoms with E-state index < -0.39 is 10.9 Å². The number of nitro groups is 1. The molecule has 8 heteroatoms.